The van der Waals surface area contributed by atoms with Gasteiger partial charge in [0.05, 0.1) is 0 Å². The van der Waals surface area contributed by atoms with Crippen molar-refractivity contribution in [2.45, 2.75) is 19.9 Å². The molecule has 0 bridgehead atoms. The second-order valence-corrected chi connectivity index (χ2v) is 6.39. The molecule has 2 heterocycles. The van der Waals surface area contributed by atoms with Crippen LogP contribution in [0.15, 0.2) is 48.5 Å². The predicted octanol–water partition coefficient (Wildman–Crippen LogP) is 4.00. The minimum absolute atomic E-state index is 0.105. The minimum Gasteiger partial charge on any atom is -0.323 e. The number of hydrogen-bond donors (Lipinski definition) is 1. The molecule has 1 aliphatic rings. The van der Waals surface area contributed by atoms with Crippen LogP contribution >= 0.6 is 11.6 Å². The highest BCUT2D eigenvalue weighted by atomic mass is 35.5. The van der Waals surface area contributed by atoms with Gasteiger partial charge in [-0.15, -0.1) is 0 Å². The number of anilines is 1. The number of benzene rings is 2. The Morgan fingerprint density at radius 3 is 2.75 bits per heavy atom. The summed E-state index contributed by atoms with van der Waals surface area (Å²) in [5, 5.41) is 16.0. The lowest BCUT2D eigenvalue weighted by Crippen LogP contribution is -2.20. The van der Waals surface area contributed by atoms with E-state index < -0.39 is 0 Å². The quantitative estimate of drug-likeness (QED) is 0.768. The molecule has 1 aliphatic heterocycles. The van der Waals surface area contributed by atoms with Gasteiger partial charge < -0.3 is 5.32 Å². The molecule has 1 unspecified atom stereocenters. The van der Waals surface area contributed by atoms with Crippen molar-refractivity contribution in [1.82, 2.24) is 20.2 Å². The molecule has 1 N–H and O–H groups in total. The monoisotopic (exact) mass is 337 g/mol. The van der Waals surface area contributed by atoms with Gasteiger partial charge in [-0.25, -0.2) is 0 Å². The summed E-state index contributed by atoms with van der Waals surface area (Å²) >= 11 is 6.16. The van der Waals surface area contributed by atoms with E-state index in [1.165, 1.54) is 11.1 Å². The van der Waals surface area contributed by atoms with Crippen molar-refractivity contribution in [3.8, 4) is 0 Å². The number of allylic oxidation sites excluding steroid dienone is 1. The topological polar surface area (TPSA) is 55.6 Å². The Kier molecular flexibility index (Phi) is 3.58. The number of aromatic nitrogens is 4. The number of rotatable bonds is 2. The molecular formula is C18H16ClN5. The van der Waals surface area contributed by atoms with Crippen molar-refractivity contribution in [3.05, 3.63) is 75.8 Å². The Balaban J connectivity index is 1.82. The van der Waals surface area contributed by atoms with Crippen LogP contribution in [0.3, 0.4) is 0 Å². The van der Waals surface area contributed by atoms with Gasteiger partial charge in [-0.3, -0.25) is 0 Å². The summed E-state index contributed by atoms with van der Waals surface area (Å²) < 4.78 is 1.76. The summed E-state index contributed by atoms with van der Waals surface area (Å²) in [6.45, 7) is 4.22. The van der Waals surface area contributed by atoms with E-state index in [4.69, 9.17) is 11.6 Å². The molecule has 0 aliphatic carbocycles. The molecular weight excluding hydrogens is 322 g/mol. The second kappa shape index (κ2) is 5.76. The molecule has 4 rings (SSSR count). The fourth-order valence-corrected chi connectivity index (χ4v) is 3.06. The normalized spacial score (nSPS) is 16.3. The summed E-state index contributed by atoms with van der Waals surface area (Å²) in [5.41, 5.74) is 5.66. The van der Waals surface area contributed by atoms with Crippen molar-refractivity contribution < 1.29 is 0 Å². The lowest BCUT2D eigenvalue weighted by Gasteiger charge is -2.24. The standard InChI is InChI=1S/C18H16ClN5/c1-11-6-7-13(8-12(11)2)16-10-17(14-4-3-5-15(19)9-14)24-18(20-16)21-22-23-24/h3-10,17H,1-2H3,(H,20,21,23). The molecule has 1 atom stereocenters. The van der Waals surface area contributed by atoms with E-state index in [2.05, 4.69) is 59.0 Å². The van der Waals surface area contributed by atoms with Gasteiger partial charge in [0.2, 0.25) is 5.95 Å². The number of fused-ring (bicyclic) bond motifs is 1. The molecule has 0 saturated heterocycles. The Morgan fingerprint density at radius 2 is 1.96 bits per heavy atom. The Morgan fingerprint density at radius 1 is 1.08 bits per heavy atom. The number of nitrogens with one attached hydrogen (secondary N) is 1. The fraction of sp³-hybridized carbons (Fsp3) is 0.167. The zero-order valence-corrected chi connectivity index (χ0v) is 14.1. The number of tetrazole rings is 1. The van der Waals surface area contributed by atoms with Crippen molar-refractivity contribution >= 4 is 23.2 Å². The van der Waals surface area contributed by atoms with Crippen LogP contribution in [0.1, 0.15) is 28.3 Å². The summed E-state index contributed by atoms with van der Waals surface area (Å²) in [4.78, 5) is 0. The predicted molar refractivity (Wildman–Crippen MR) is 94.9 cm³/mol. The van der Waals surface area contributed by atoms with Crippen LogP contribution < -0.4 is 5.32 Å². The van der Waals surface area contributed by atoms with Gasteiger partial charge >= 0.3 is 0 Å². The molecule has 0 saturated carbocycles. The summed E-state index contributed by atoms with van der Waals surface area (Å²) in [6.07, 6.45) is 2.12. The first kappa shape index (κ1) is 14.9. The molecule has 120 valence electrons. The van der Waals surface area contributed by atoms with E-state index in [1.54, 1.807) is 4.68 Å². The number of hydrogen-bond acceptors (Lipinski definition) is 4. The largest absolute Gasteiger partial charge is 0.323 e. The van der Waals surface area contributed by atoms with E-state index in [1.807, 2.05) is 24.3 Å². The lowest BCUT2D eigenvalue weighted by atomic mass is 9.99. The van der Waals surface area contributed by atoms with Crippen LogP contribution in [0.4, 0.5) is 5.95 Å². The number of halogens is 1. The van der Waals surface area contributed by atoms with Crippen LogP contribution in [-0.2, 0) is 0 Å². The van der Waals surface area contributed by atoms with Crippen LogP contribution in [0.25, 0.3) is 5.70 Å². The highest BCUT2D eigenvalue weighted by Gasteiger charge is 2.24. The smallest absolute Gasteiger partial charge is 0.248 e. The van der Waals surface area contributed by atoms with Crippen LogP contribution in [0.5, 0.6) is 0 Å². The molecule has 3 aromatic rings. The van der Waals surface area contributed by atoms with Gasteiger partial charge in [0.1, 0.15) is 6.04 Å². The lowest BCUT2D eigenvalue weighted by molar-refractivity contribution is 0.586. The van der Waals surface area contributed by atoms with Gasteiger partial charge in [-0.2, -0.15) is 4.68 Å². The number of nitrogens with zero attached hydrogens (tertiary/aromatic N) is 4. The first-order chi connectivity index (χ1) is 11.6. The molecule has 24 heavy (non-hydrogen) atoms. The molecule has 0 amide bonds. The first-order valence-corrected chi connectivity index (χ1v) is 8.09. The average Bonchev–Trinajstić information content (AvgIpc) is 3.05. The van der Waals surface area contributed by atoms with Gasteiger partial charge in [0, 0.05) is 10.7 Å². The van der Waals surface area contributed by atoms with Gasteiger partial charge in [-0.05, 0) is 70.8 Å². The van der Waals surface area contributed by atoms with Gasteiger partial charge in [0.25, 0.3) is 0 Å². The zero-order valence-electron chi connectivity index (χ0n) is 13.4. The third-order valence-electron chi connectivity index (χ3n) is 4.34. The first-order valence-electron chi connectivity index (χ1n) is 7.71. The van der Waals surface area contributed by atoms with Crippen molar-refractivity contribution in [3.63, 3.8) is 0 Å². The molecule has 1 aromatic heterocycles. The van der Waals surface area contributed by atoms with Crippen LogP contribution in [0.2, 0.25) is 5.02 Å². The maximum absolute atomic E-state index is 6.16. The molecule has 6 heteroatoms. The molecule has 0 spiro atoms. The highest BCUT2D eigenvalue weighted by Crippen LogP contribution is 2.32. The van der Waals surface area contributed by atoms with E-state index in [9.17, 15) is 0 Å². The Hall–Kier alpha value is -2.66. The van der Waals surface area contributed by atoms with Crippen LogP contribution in [0, 0.1) is 13.8 Å². The third kappa shape index (κ3) is 2.57. The zero-order chi connectivity index (χ0) is 16.7. The SMILES string of the molecule is Cc1ccc(C2=CC(c3cccc(Cl)c3)n3nnnc3N2)cc1C. The molecule has 5 nitrogen and oxygen atoms in total. The second-order valence-electron chi connectivity index (χ2n) is 5.95. The third-order valence-corrected chi connectivity index (χ3v) is 4.57. The molecule has 0 radical (unpaired) electrons. The Bertz CT molecular complexity index is 944. The van der Waals surface area contributed by atoms with Gasteiger partial charge in [-0.1, -0.05) is 41.0 Å². The van der Waals surface area contributed by atoms with E-state index >= 15 is 0 Å². The van der Waals surface area contributed by atoms with E-state index in [-0.39, 0.29) is 6.04 Å². The summed E-state index contributed by atoms with van der Waals surface area (Å²) in [7, 11) is 0. The van der Waals surface area contributed by atoms with Crippen molar-refractivity contribution in [2.75, 3.05) is 5.32 Å². The van der Waals surface area contributed by atoms with Crippen molar-refractivity contribution in [1.29, 1.82) is 0 Å². The summed E-state index contributed by atoms with van der Waals surface area (Å²) in [5.74, 6) is 0.621. The maximum Gasteiger partial charge on any atom is 0.248 e. The summed E-state index contributed by atoms with van der Waals surface area (Å²) in [6, 6.07) is 14.1. The minimum atomic E-state index is -0.105. The fourth-order valence-electron chi connectivity index (χ4n) is 2.86. The van der Waals surface area contributed by atoms with E-state index in [0.29, 0.717) is 11.0 Å². The van der Waals surface area contributed by atoms with Gasteiger partial charge in [0.15, 0.2) is 0 Å². The Labute approximate surface area is 145 Å². The molecule has 2 aromatic carbocycles. The van der Waals surface area contributed by atoms with Crippen molar-refractivity contribution in [2.24, 2.45) is 0 Å². The number of aryl methyl sites for hydroxylation is 2. The van der Waals surface area contributed by atoms with Crippen LogP contribution in [-0.4, -0.2) is 20.2 Å². The highest BCUT2D eigenvalue weighted by molar-refractivity contribution is 6.30. The van der Waals surface area contributed by atoms with E-state index in [0.717, 1.165) is 16.8 Å². The molecule has 0 fully saturated rings. The average molecular weight is 338 g/mol. The maximum atomic E-state index is 6.16.